The highest BCUT2D eigenvalue weighted by molar-refractivity contribution is 6.07. The van der Waals surface area contributed by atoms with Crippen molar-refractivity contribution in [3.63, 3.8) is 0 Å². The minimum atomic E-state index is -0.632. The molecule has 33 heavy (non-hydrogen) atoms. The summed E-state index contributed by atoms with van der Waals surface area (Å²) in [7, 11) is 6.01. The molecule has 0 N–H and O–H groups in total. The van der Waals surface area contributed by atoms with E-state index in [1.165, 1.54) is 27.4 Å². The van der Waals surface area contributed by atoms with Gasteiger partial charge in [-0.3, -0.25) is 4.79 Å². The van der Waals surface area contributed by atoms with Gasteiger partial charge in [-0.05, 0) is 54.6 Å². The Balaban J connectivity index is 1.89. The first-order valence-corrected chi connectivity index (χ1v) is 9.97. The molecule has 3 rings (SSSR count). The Morgan fingerprint density at radius 1 is 0.697 bits per heavy atom. The van der Waals surface area contributed by atoms with Crippen LogP contribution in [0.3, 0.4) is 0 Å². The van der Waals surface area contributed by atoms with E-state index in [2.05, 4.69) is 0 Å². The van der Waals surface area contributed by atoms with Gasteiger partial charge in [0.1, 0.15) is 17.2 Å². The van der Waals surface area contributed by atoms with Gasteiger partial charge in [0.2, 0.25) is 0 Å². The fourth-order valence-corrected chi connectivity index (χ4v) is 3.03. The van der Waals surface area contributed by atoms with Crippen LogP contribution in [0.5, 0.6) is 28.7 Å². The van der Waals surface area contributed by atoms with Crippen LogP contribution < -0.4 is 23.7 Å². The van der Waals surface area contributed by atoms with Crippen molar-refractivity contribution in [3.05, 3.63) is 83.4 Å². The maximum absolute atomic E-state index is 12.9. The molecule has 0 saturated heterocycles. The lowest BCUT2D eigenvalue weighted by molar-refractivity contribution is 0.0728. The molecule has 0 aromatic heterocycles. The number of carbonyl (C=O) groups is 2. The highest BCUT2D eigenvalue weighted by Gasteiger charge is 2.17. The van der Waals surface area contributed by atoms with Crippen LogP contribution in [0.2, 0.25) is 0 Å². The van der Waals surface area contributed by atoms with Gasteiger partial charge in [0.15, 0.2) is 17.3 Å². The summed E-state index contributed by atoms with van der Waals surface area (Å²) in [5.41, 5.74) is 1.23. The molecule has 0 amide bonds. The van der Waals surface area contributed by atoms with Crippen molar-refractivity contribution >= 4 is 17.8 Å². The normalized spacial score (nSPS) is 10.5. The molecule has 0 spiro atoms. The molecule has 7 nitrogen and oxygen atoms in total. The van der Waals surface area contributed by atoms with Gasteiger partial charge in [-0.15, -0.1) is 0 Å². The number of ether oxygens (including phenoxy) is 5. The zero-order valence-electron chi connectivity index (χ0n) is 18.8. The summed E-state index contributed by atoms with van der Waals surface area (Å²) in [5, 5.41) is 0. The van der Waals surface area contributed by atoms with Gasteiger partial charge in [0.25, 0.3) is 0 Å². The molecule has 170 valence electrons. The van der Waals surface area contributed by atoms with Gasteiger partial charge in [-0.2, -0.15) is 0 Å². The third-order valence-electron chi connectivity index (χ3n) is 4.80. The van der Waals surface area contributed by atoms with E-state index in [-0.39, 0.29) is 17.1 Å². The molecule has 0 atom stereocenters. The lowest BCUT2D eigenvalue weighted by atomic mass is 10.1. The van der Waals surface area contributed by atoms with Gasteiger partial charge in [0, 0.05) is 17.2 Å². The lowest BCUT2D eigenvalue weighted by Gasteiger charge is -2.13. The molecule has 0 aliphatic carbocycles. The summed E-state index contributed by atoms with van der Waals surface area (Å²) < 4.78 is 26.6. The van der Waals surface area contributed by atoms with Crippen molar-refractivity contribution in [3.8, 4) is 28.7 Å². The van der Waals surface area contributed by atoms with Gasteiger partial charge in [-0.1, -0.05) is 12.1 Å². The van der Waals surface area contributed by atoms with Crippen molar-refractivity contribution in [1.29, 1.82) is 0 Å². The van der Waals surface area contributed by atoms with Crippen LogP contribution in [0.4, 0.5) is 0 Å². The van der Waals surface area contributed by atoms with Crippen molar-refractivity contribution < 1.29 is 33.3 Å². The highest BCUT2D eigenvalue weighted by Crippen LogP contribution is 2.33. The Morgan fingerprint density at radius 2 is 1.33 bits per heavy atom. The van der Waals surface area contributed by atoms with E-state index in [9.17, 15) is 9.59 Å². The number of para-hydroxylation sites is 1. The van der Waals surface area contributed by atoms with Gasteiger partial charge >= 0.3 is 5.97 Å². The van der Waals surface area contributed by atoms with Crippen molar-refractivity contribution in [1.82, 2.24) is 0 Å². The van der Waals surface area contributed by atoms with E-state index in [1.807, 2.05) is 0 Å². The standard InChI is InChI=1S/C26H24O7/c1-29-20-11-8-17(9-12-20)23(27)13-10-18-6-5-7-24(32-4)25(18)33-26(28)19-14-21(30-2)16-22(15-19)31-3/h5-16H,1-4H3. The molecule has 0 aliphatic heterocycles. The number of methoxy groups -OCH3 is 4. The maximum atomic E-state index is 12.9. The number of ketones is 1. The summed E-state index contributed by atoms with van der Waals surface area (Å²) in [6.07, 6.45) is 2.98. The van der Waals surface area contributed by atoms with E-state index in [0.29, 0.717) is 34.1 Å². The minimum Gasteiger partial charge on any atom is -0.497 e. The van der Waals surface area contributed by atoms with E-state index >= 15 is 0 Å². The Labute approximate surface area is 192 Å². The molecule has 7 heteroatoms. The summed E-state index contributed by atoms with van der Waals surface area (Å²) in [4.78, 5) is 25.5. The van der Waals surface area contributed by atoms with Crippen LogP contribution >= 0.6 is 0 Å². The van der Waals surface area contributed by atoms with Gasteiger partial charge in [-0.25, -0.2) is 4.79 Å². The number of rotatable bonds is 9. The van der Waals surface area contributed by atoms with Crippen LogP contribution in [0, 0.1) is 0 Å². The third kappa shape index (κ3) is 5.71. The van der Waals surface area contributed by atoms with Crippen LogP contribution in [-0.4, -0.2) is 40.2 Å². The molecule has 0 unspecified atom stereocenters. The Morgan fingerprint density at radius 3 is 1.91 bits per heavy atom. The summed E-state index contributed by atoms with van der Waals surface area (Å²) >= 11 is 0. The Bertz CT molecular complexity index is 1140. The lowest BCUT2D eigenvalue weighted by Crippen LogP contribution is -2.11. The predicted octanol–water partition coefficient (Wildman–Crippen LogP) is 4.84. The fraction of sp³-hybridized carbons (Fsp3) is 0.154. The highest BCUT2D eigenvalue weighted by atomic mass is 16.6. The van der Waals surface area contributed by atoms with Crippen molar-refractivity contribution in [2.24, 2.45) is 0 Å². The average molecular weight is 448 g/mol. The first-order chi connectivity index (χ1) is 16.0. The molecular formula is C26H24O7. The van der Waals surface area contributed by atoms with Crippen LogP contribution in [0.1, 0.15) is 26.3 Å². The first kappa shape index (κ1) is 23.4. The van der Waals surface area contributed by atoms with E-state index < -0.39 is 5.97 Å². The SMILES string of the molecule is COc1ccc(C(=O)C=Cc2cccc(OC)c2OC(=O)c2cc(OC)cc(OC)c2)cc1. The molecule has 0 aliphatic rings. The second-order valence-corrected chi connectivity index (χ2v) is 6.80. The number of hydrogen-bond donors (Lipinski definition) is 0. The third-order valence-corrected chi connectivity index (χ3v) is 4.80. The van der Waals surface area contributed by atoms with E-state index in [4.69, 9.17) is 23.7 Å². The molecule has 0 fully saturated rings. The molecule has 0 saturated carbocycles. The number of carbonyl (C=O) groups excluding carboxylic acids is 2. The molecule has 0 bridgehead atoms. The minimum absolute atomic E-state index is 0.186. The number of hydrogen-bond acceptors (Lipinski definition) is 7. The maximum Gasteiger partial charge on any atom is 0.343 e. The van der Waals surface area contributed by atoms with Crippen LogP contribution in [0.15, 0.2) is 66.7 Å². The van der Waals surface area contributed by atoms with Crippen LogP contribution in [-0.2, 0) is 0 Å². The smallest absolute Gasteiger partial charge is 0.343 e. The summed E-state index contributed by atoms with van der Waals surface area (Å²) in [6, 6.07) is 16.6. The summed E-state index contributed by atoms with van der Waals surface area (Å²) in [6.45, 7) is 0. The summed E-state index contributed by atoms with van der Waals surface area (Å²) in [5.74, 6) is 1.25. The Hall–Kier alpha value is -4.26. The Kier molecular flexibility index (Phi) is 7.70. The average Bonchev–Trinajstić information content (AvgIpc) is 2.87. The largest absolute Gasteiger partial charge is 0.497 e. The zero-order valence-corrected chi connectivity index (χ0v) is 18.8. The predicted molar refractivity (Wildman–Crippen MR) is 124 cm³/mol. The second kappa shape index (κ2) is 10.9. The molecule has 3 aromatic carbocycles. The van der Waals surface area contributed by atoms with E-state index in [0.717, 1.165) is 0 Å². The van der Waals surface area contributed by atoms with E-state index in [1.54, 1.807) is 73.8 Å². The molecule has 3 aromatic rings. The number of esters is 1. The molecule has 0 radical (unpaired) electrons. The fourth-order valence-electron chi connectivity index (χ4n) is 3.03. The first-order valence-electron chi connectivity index (χ1n) is 9.97. The zero-order chi connectivity index (χ0) is 23.8. The van der Waals surface area contributed by atoms with Crippen LogP contribution in [0.25, 0.3) is 6.08 Å². The molecule has 0 heterocycles. The quantitative estimate of drug-likeness (QED) is 0.201. The molecular weight excluding hydrogens is 424 g/mol. The van der Waals surface area contributed by atoms with Crippen molar-refractivity contribution in [2.45, 2.75) is 0 Å². The van der Waals surface area contributed by atoms with Gasteiger partial charge in [0.05, 0.1) is 34.0 Å². The van der Waals surface area contributed by atoms with Gasteiger partial charge < -0.3 is 23.7 Å². The van der Waals surface area contributed by atoms with Crippen molar-refractivity contribution in [2.75, 3.05) is 28.4 Å². The number of benzene rings is 3. The number of allylic oxidation sites excluding steroid dienone is 1. The second-order valence-electron chi connectivity index (χ2n) is 6.80. The monoisotopic (exact) mass is 448 g/mol. The topological polar surface area (TPSA) is 80.3 Å².